The molecule has 0 aliphatic carbocycles. The first-order chi connectivity index (χ1) is 67.5. The monoisotopic (exact) mass is 2150 g/mol. The van der Waals surface area contributed by atoms with E-state index in [1.165, 1.54) is 58.7 Å². The highest BCUT2D eigenvalue weighted by molar-refractivity contribution is 7.90. The van der Waals surface area contributed by atoms with E-state index in [0.717, 1.165) is 93.8 Å². The van der Waals surface area contributed by atoms with Gasteiger partial charge in [-0.3, -0.25) is 27.0 Å². The van der Waals surface area contributed by atoms with Gasteiger partial charge in [0.2, 0.25) is 12.2 Å². The summed E-state index contributed by atoms with van der Waals surface area (Å²) in [6, 6.07) is 80.6. The number of nitrogen functional groups attached to an aromatic ring is 5. The second kappa shape index (κ2) is 53.8. The number of alkyl halides is 12. The number of sulfone groups is 1. The van der Waals surface area contributed by atoms with Gasteiger partial charge in [-0.15, -0.1) is 69.1 Å². The van der Waals surface area contributed by atoms with Gasteiger partial charge in [-0.2, -0.15) is 52.7 Å². The smallest absolute Gasteiger partial charge is 0.489 e. The van der Waals surface area contributed by atoms with Crippen LogP contribution in [-0.2, 0) is 66.1 Å². The summed E-state index contributed by atoms with van der Waals surface area (Å²) in [5.74, 6) is -9.51. The molecule has 2 atom stereocenters. The Labute approximate surface area is 840 Å². The Bertz CT molecular complexity index is 7100. The number of benzene rings is 10. The van der Waals surface area contributed by atoms with Crippen LogP contribution in [0.15, 0.2) is 266 Å². The molecule has 0 saturated heterocycles. The Morgan fingerprint density at radius 1 is 0.372 bits per heavy atom. The van der Waals surface area contributed by atoms with E-state index in [1.54, 1.807) is 97.1 Å². The molecule has 0 saturated carbocycles. The average Bonchev–Trinajstić information content (AvgIpc) is 1.67. The number of carboxylic acids is 5. The molecule has 15 aromatic rings. The van der Waals surface area contributed by atoms with Crippen LogP contribution >= 0.6 is 69.1 Å². The third-order valence-electron chi connectivity index (χ3n) is 18.0. The summed E-state index contributed by atoms with van der Waals surface area (Å²) in [6.07, 6.45) is -21.0. The van der Waals surface area contributed by atoms with Gasteiger partial charge in [-0.1, -0.05) is 127 Å². The number of carboxylic acid groups (broad SMARTS) is 5. The van der Waals surface area contributed by atoms with Crippen molar-refractivity contribution in [1.82, 2.24) is 0 Å². The van der Waals surface area contributed by atoms with Gasteiger partial charge in [0, 0.05) is 46.3 Å². The lowest BCUT2D eigenvalue weighted by Gasteiger charge is -2.17. The predicted octanol–water partition coefficient (Wildman–Crippen LogP) is 20.6. The number of hydrogen-bond acceptors (Lipinski definition) is 26. The number of fused-ring (bicyclic) bond motifs is 5. The van der Waals surface area contributed by atoms with Crippen LogP contribution in [0.1, 0.15) is 65.8 Å². The minimum Gasteiger partial charge on any atom is -0.489 e. The zero-order valence-corrected chi connectivity index (χ0v) is 80.6. The summed E-state index contributed by atoms with van der Waals surface area (Å²) >= 11 is 7.20. The SMILES string of the molecule is CCOC(=O)COc1cccc2sc(C(=N)N)cc12.COC(=O)C(Oc1ccc2cc(C(=N)N)sc2c1)c1ccccc1.CS(=O)(=O)c1ccc(COc2ccc3cc(C(=N)N)sc3c2)cc1.Cl.N=C(N)c1cc2cc(-c3cccc(OCc4ccccc4)c3)ccc2s1.N=C(N)c1cc2ccc(OC(C(=O)O)c3ccccc3)cc2s1.O=C(O)C(F)(F)F.O=C(O)C(F)(F)F.O=C(O)C(F)(F)F.O=C(O)C(F)(F)F. The third kappa shape index (κ3) is 37.8. The molecule has 5 heterocycles. The normalized spacial score (nSPS) is 11.2. The van der Waals surface area contributed by atoms with Crippen LogP contribution in [0.4, 0.5) is 52.7 Å². The lowest BCUT2D eigenvalue weighted by Crippen LogP contribution is -2.21. The van der Waals surface area contributed by atoms with E-state index >= 15 is 0 Å². The number of methoxy groups -OCH3 is 1. The maximum atomic E-state index is 12.1. The first-order valence-electron chi connectivity index (χ1n) is 40.3. The molecule has 50 heteroatoms. The van der Waals surface area contributed by atoms with Crippen LogP contribution in [0.2, 0.25) is 0 Å². The largest absolute Gasteiger partial charge is 0.490 e. The molecule has 0 bridgehead atoms. The minimum atomic E-state index is -5.08. The maximum absolute atomic E-state index is 12.1. The standard InChI is InChI=1S/C22H18N2OS.C18H16N2O3S.C17H16N2O3S2.C17H14N2O3S.C13H14N2O3S.4C2HF3O2.ClH/c23-22(24)21-13-18-11-17(9-10-20(18)26-21)16-7-4-8-19(12-16)25-14-15-5-2-1-3-6-15;1-22-18(21)16(11-5-3-2-4-6-11)23-13-8-7-12-9-15(17(19)20)24-14(12)10-13;1-24(20,21)14-6-2-11(3-7-14)10-22-13-5-4-12-8-16(17(18)19)23-15(12)9-13;18-16(19)14-8-11-6-7-12(9-13(11)23-14)22-15(17(20)21)10-4-2-1-3-5-10;1-2-17-12(16)7-18-9-4-3-5-10-8(9)6-11(19-10)13(14)15;4*3-2(4,5)1(6)7;/h1-13H,14H2,(H3,23,24);2-10,16H,1H3,(H3,19,20);2-9H,10H2,1H3,(H3,18,19);1-9,15H,(H3,18,19)(H,20,21);3-6H,2,7H2,1H3,(H3,14,15);4*(H,6,7);1H. The van der Waals surface area contributed by atoms with Crippen molar-refractivity contribution in [2.24, 2.45) is 28.7 Å². The number of thiophene rings is 5. The molecule has 15 rings (SSSR count). The highest BCUT2D eigenvalue weighted by Crippen LogP contribution is 2.38. The zero-order chi connectivity index (χ0) is 107. The summed E-state index contributed by atoms with van der Waals surface area (Å²) in [6.45, 7) is 2.85. The second-order valence-electron chi connectivity index (χ2n) is 28.6. The van der Waals surface area contributed by atoms with Gasteiger partial charge in [-0.25, -0.2) is 42.0 Å². The minimum absolute atomic E-state index is 0. The van der Waals surface area contributed by atoms with Crippen molar-refractivity contribution in [3.63, 3.8) is 0 Å². The first-order valence-corrected chi connectivity index (χ1v) is 46.3. The number of carbonyl (C=O) groups is 7. The van der Waals surface area contributed by atoms with Crippen molar-refractivity contribution in [1.29, 1.82) is 27.0 Å². The van der Waals surface area contributed by atoms with E-state index < -0.39 is 88.5 Å². The number of nitrogens with two attached hydrogens (primary N) is 5. The average molecular weight is 2160 g/mol. The summed E-state index contributed by atoms with van der Waals surface area (Å²) in [5, 5.41) is 80.3. The molecule has 0 amide bonds. The first kappa shape index (κ1) is 118. The molecule has 0 aliphatic heterocycles. The molecular weight excluding hydrogens is 2070 g/mol. The molecule has 20 N–H and O–H groups in total. The molecule has 10 aromatic carbocycles. The van der Waals surface area contributed by atoms with Crippen molar-refractivity contribution in [3.8, 4) is 39.9 Å². The van der Waals surface area contributed by atoms with Crippen molar-refractivity contribution >= 4 is 200 Å². The van der Waals surface area contributed by atoms with E-state index in [-0.39, 0.29) is 48.2 Å². The number of carbonyl (C=O) groups excluding carboxylic acids is 2. The summed E-state index contributed by atoms with van der Waals surface area (Å²) in [5.41, 5.74) is 33.2. The van der Waals surface area contributed by atoms with Crippen LogP contribution in [0, 0.1) is 27.0 Å². The van der Waals surface area contributed by atoms with Gasteiger partial charge >= 0.3 is 66.5 Å². The van der Waals surface area contributed by atoms with Gasteiger partial charge in [0.05, 0.1) is 43.0 Å². The number of ether oxygens (including phenoxy) is 7. The second-order valence-corrected chi connectivity index (χ2v) is 36.1. The fourth-order valence-electron chi connectivity index (χ4n) is 11.3. The lowest BCUT2D eigenvalue weighted by atomic mass is 10.0. The van der Waals surface area contributed by atoms with E-state index in [0.29, 0.717) is 67.9 Å². The molecule has 145 heavy (non-hydrogen) atoms. The van der Waals surface area contributed by atoms with Crippen molar-refractivity contribution < 1.29 is 153 Å². The van der Waals surface area contributed by atoms with E-state index in [1.807, 2.05) is 140 Å². The van der Waals surface area contributed by atoms with Gasteiger partial charge in [-0.05, 0) is 184 Å². The molecule has 0 spiro atoms. The predicted molar refractivity (Wildman–Crippen MR) is 528 cm³/mol. The van der Waals surface area contributed by atoms with Gasteiger partial charge < -0.3 is 87.4 Å². The molecule has 766 valence electrons. The van der Waals surface area contributed by atoms with Crippen LogP contribution in [0.5, 0.6) is 28.7 Å². The number of nitrogens with one attached hydrogen (secondary N) is 5. The number of halogens is 13. The van der Waals surface area contributed by atoms with E-state index in [2.05, 4.69) is 42.5 Å². The van der Waals surface area contributed by atoms with E-state index in [9.17, 15) is 80.6 Å². The molecule has 0 fully saturated rings. The van der Waals surface area contributed by atoms with Crippen LogP contribution in [-0.4, -0.2) is 156 Å². The Balaban J connectivity index is 0.000000260. The molecule has 31 nitrogen and oxygen atoms in total. The van der Waals surface area contributed by atoms with Gasteiger partial charge in [0.1, 0.15) is 71.1 Å². The van der Waals surface area contributed by atoms with E-state index in [4.69, 9.17) is 128 Å². The molecule has 0 aliphatic rings. The summed E-state index contributed by atoms with van der Waals surface area (Å²) in [4.78, 5) is 74.3. The Kier molecular flexibility index (Phi) is 43.7. The number of aliphatic carboxylic acids is 5. The molecule has 2 unspecified atom stereocenters. The zero-order valence-electron chi connectivity index (χ0n) is 74.9. The topological polar surface area (TPSA) is 569 Å². The lowest BCUT2D eigenvalue weighted by molar-refractivity contribution is -0.193. The Morgan fingerprint density at radius 3 is 1.12 bits per heavy atom. The van der Waals surface area contributed by atoms with Crippen LogP contribution < -0.4 is 52.4 Å². The molecule has 0 radical (unpaired) electrons. The number of amidine groups is 5. The Morgan fingerprint density at radius 2 is 0.724 bits per heavy atom. The van der Waals surface area contributed by atoms with Gasteiger partial charge in [0.25, 0.3) is 0 Å². The van der Waals surface area contributed by atoms with Crippen molar-refractivity contribution in [3.05, 3.63) is 307 Å². The highest BCUT2D eigenvalue weighted by Gasteiger charge is 2.41. The van der Waals surface area contributed by atoms with Crippen LogP contribution in [0.3, 0.4) is 0 Å². The summed E-state index contributed by atoms with van der Waals surface area (Å²) < 4.78 is 193. The number of esters is 2. The van der Waals surface area contributed by atoms with Crippen LogP contribution in [0.25, 0.3) is 61.6 Å². The molecule has 5 aromatic heterocycles. The highest BCUT2D eigenvalue weighted by atomic mass is 35.5. The van der Waals surface area contributed by atoms with Crippen molar-refractivity contribution in [2.75, 3.05) is 26.6 Å². The molecular formula is C95H83ClF12N10O21S6. The maximum Gasteiger partial charge on any atom is 0.490 e. The third-order valence-corrected chi connectivity index (χ3v) is 24.8. The van der Waals surface area contributed by atoms with Crippen molar-refractivity contribution in [2.45, 2.75) is 61.9 Å². The number of hydrogen-bond donors (Lipinski definition) is 15. The number of rotatable bonds is 25. The Hall–Kier alpha value is -16.0. The fraction of sp³-hybridized carbons (Fsp3) is 0.137. The quantitative estimate of drug-likeness (QED) is 0.0109. The van der Waals surface area contributed by atoms with Gasteiger partial charge in [0.15, 0.2) is 16.4 Å². The summed E-state index contributed by atoms with van der Waals surface area (Å²) in [7, 11) is -1.85. The fourth-order valence-corrected chi connectivity index (χ4v) is 16.6.